The van der Waals surface area contributed by atoms with Gasteiger partial charge in [0.05, 0.1) is 0 Å². The van der Waals surface area contributed by atoms with Crippen LogP contribution in [0.1, 0.15) is 12.8 Å². The van der Waals surface area contributed by atoms with Crippen LogP contribution in [0.15, 0.2) is 52.8 Å². The Bertz CT molecular complexity index is 370. The molecule has 0 fully saturated rings. The average molecular weight is 187 g/mol. The first kappa shape index (κ1) is 8.81. The molecule has 0 saturated heterocycles. The fraction of sp³-hybridized carbons (Fsp3) is 0.182. The Hall–Kier alpha value is -1.77. The second-order valence-electron chi connectivity index (χ2n) is 3.24. The smallest absolute Gasteiger partial charge is 0.197 e. The van der Waals surface area contributed by atoms with Gasteiger partial charge in [0.2, 0.25) is 0 Å². The highest BCUT2D eigenvalue weighted by atomic mass is 15.1. The van der Waals surface area contributed by atoms with E-state index in [1.807, 2.05) is 24.3 Å². The van der Waals surface area contributed by atoms with Crippen molar-refractivity contribution in [2.75, 3.05) is 0 Å². The Balaban J connectivity index is 1.91. The molecule has 0 aliphatic heterocycles. The van der Waals surface area contributed by atoms with Crippen LogP contribution in [0.2, 0.25) is 0 Å². The number of allylic oxidation sites excluding steroid dienone is 6. The third-order valence-electron chi connectivity index (χ3n) is 2.08. The SMILES string of the molecule is NC(=NC1=CC=CC1)NC1=CC=CC1. The highest BCUT2D eigenvalue weighted by Crippen LogP contribution is 2.11. The largest absolute Gasteiger partial charge is 0.369 e. The Morgan fingerprint density at radius 2 is 2.00 bits per heavy atom. The number of rotatable bonds is 2. The molecule has 0 unspecified atom stereocenters. The van der Waals surface area contributed by atoms with Gasteiger partial charge >= 0.3 is 0 Å². The molecule has 0 amide bonds. The molecule has 0 saturated carbocycles. The zero-order valence-corrected chi connectivity index (χ0v) is 7.90. The highest BCUT2D eigenvalue weighted by Gasteiger charge is 2.02. The summed E-state index contributed by atoms with van der Waals surface area (Å²) in [6, 6.07) is 0. The maximum Gasteiger partial charge on any atom is 0.197 e. The van der Waals surface area contributed by atoms with E-state index in [2.05, 4.69) is 22.5 Å². The maximum absolute atomic E-state index is 5.74. The summed E-state index contributed by atoms with van der Waals surface area (Å²) in [6.45, 7) is 0. The molecule has 14 heavy (non-hydrogen) atoms. The second-order valence-corrected chi connectivity index (χ2v) is 3.24. The van der Waals surface area contributed by atoms with Gasteiger partial charge in [-0.25, -0.2) is 4.99 Å². The molecule has 0 spiro atoms. The predicted molar refractivity (Wildman–Crippen MR) is 58.4 cm³/mol. The predicted octanol–water partition coefficient (Wildman–Crippen LogP) is 1.58. The molecule has 2 aliphatic rings. The lowest BCUT2D eigenvalue weighted by atomic mass is 10.4. The number of nitrogens with one attached hydrogen (secondary N) is 1. The average Bonchev–Trinajstić information content (AvgIpc) is 2.76. The van der Waals surface area contributed by atoms with Crippen LogP contribution in [0, 0.1) is 0 Å². The summed E-state index contributed by atoms with van der Waals surface area (Å²) in [4.78, 5) is 4.25. The lowest BCUT2D eigenvalue weighted by Gasteiger charge is -2.05. The van der Waals surface area contributed by atoms with Crippen molar-refractivity contribution < 1.29 is 0 Å². The number of hydrogen-bond donors (Lipinski definition) is 2. The molecule has 0 aromatic rings. The molecule has 72 valence electrons. The first-order valence-corrected chi connectivity index (χ1v) is 4.67. The van der Waals surface area contributed by atoms with Crippen LogP contribution in [0.5, 0.6) is 0 Å². The van der Waals surface area contributed by atoms with Crippen molar-refractivity contribution >= 4 is 5.96 Å². The van der Waals surface area contributed by atoms with E-state index in [0.717, 1.165) is 24.2 Å². The van der Waals surface area contributed by atoms with E-state index in [1.165, 1.54) is 0 Å². The molecule has 0 aromatic heterocycles. The van der Waals surface area contributed by atoms with Crippen LogP contribution in [-0.4, -0.2) is 5.96 Å². The van der Waals surface area contributed by atoms with E-state index < -0.39 is 0 Å². The quantitative estimate of drug-likeness (QED) is 0.509. The third kappa shape index (κ3) is 2.13. The van der Waals surface area contributed by atoms with Gasteiger partial charge in [-0.3, -0.25) is 0 Å². The van der Waals surface area contributed by atoms with E-state index in [9.17, 15) is 0 Å². The zero-order chi connectivity index (χ0) is 9.80. The van der Waals surface area contributed by atoms with Crippen LogP contribution in [0.4, 0.5) is 0 Å². The van der Waals surface area contributed by atoms with Crippen molar-refractivity contribution in [3.8, 4) is 0 Å². The number of nitrogens with zero attached hydrogens (tertiary/aromatic N) is 1. The highest BCUT2D eigenvalue weighted by molar-refractivity contribution is 5.81. The Morgan fingerprint density at radius 3 is 2.64 bits per heavy atom. The Kier molecular flexibility index (Phi) is 2.49. The minimum atomic E-state index is 0.468. The molecule has 0 bridgehead atoms. The first-order valence-electron chi connectivity index (χ1n) is 4.67. The molecular formula is C11H13N3. The second kappa shape index (κ2) is 3.96. The van der Waals surface area contributed by atoms with Crippen molar-refractivity contribution in [3.05, 3.63) is 47.9 Å². The third-order valence-corrected chi connectivity index (χ3v) is 2.08. The van der Waals surface area contributed by atoms with Crippen molar-refractivity contribution in [1.82, 2.24) is 5.32 Å². The summed E-state index contributed by atoms with van der Waals surface area (Å²) in [5, 5.41) is 3.06. The first-order chi connectivity index (χ1) is 6.84. The number of hydrogen-bond acceptors (Lipinski definition) is 1. The van der Waals surface area contributed by atoms with E-state index in [-0.39, 0.29) is 0 Å². The normalized spacial score (nSPS) is 19.9. The van der Waals surface area contributed by atoms with Gasteiger partial charge in [-0.05, 0) is 12.2 Å². The fourth-order valence-electron chi connectivity index (χ4n) is 1.41. The molecule has 2 rings (SSSR count). The fourth-order valence-corrected chi connectivity index (χ4v) is 1.41. The number of aliphatic imine (C=N–C) groups is 1. The van der Waals surface area contributed by atoms with E-state index >= 15 is 0 Å². The van der Waals surface area contributed by atoms with Crippen LogP contribution >= 0.6 is 0 Å². The molecule has 2 aliphatic carbocycles. The van der Waals surface area contributed by atoms with Crippen molar-refractivity contribution in [3.63, 3.8) is 0 Å². The van der Waals surface area contributed by atoms with Gasteiger partial charge in [0, 0.05) is 24.2 Å². The lowest BCUT2D eigenvalue weighted by Crippen LogP contribution is -2.30. The van der Waals surface area contributed by atoms with E-state index in [4.69, 9.17) is 5.73 Å². The Morgan fingerprint density at radius 1 is 1.21 bits per heavy atom. The number of nitrogens with two attached hydrogens (primary N) is 1. The summed E-state index contributed by atoms with van der Waals surface area (Å²) in [7, 11) is 0. The zero-order valence-electron chi connectivity index (χ0n) is 7.90. The minimum absolute atomic E-state index is 0.468. The van der Waals surface area contributed by atoms with Gasteiger partial charge in [-0.2, -0.15) is 0 Å². The van der Waals surface area contributed by atoms with Crippen molar-refractivity contribution in [2.24, 2.45) is 10.7 Å². The standard InChI is InChI=1S/C11H13N3/c12-11(13-9-5-1-2-6-9)14-10-7-3-4-8-10/h1-5,7H,6,8H2,(H3,12,13,14). The van der Waals surface area contributed by atoms with E-state index in [1.54, 1.807) is 0 Å². The molecule has 0 radical (unpaired) electrons. The summed E-state index contributed by atoms with van der Waals surface area (Å²) < 4.78 is 0. The molecular weight excluding hydrogens is 174 g/mol. The van der Waals surface area contributed by atoms with Crippen LogP contribution in [0.3, 0.4) is 0 Å². The van der Waals surface area contributed by atoms with Gasteiger partial charge in [0.25, 0.3) is 0 Å². The number of guanidine groups is 1. The van der Waals surface area contributed by atoms with Crippen LogP contribution in [-0.2, 0) is 0 Å². The monoisotopic (exact) mass is 187 g/mol. The van der Waals surface area contributed by atoms with E-state index in [0.29, 0.717) is 5.96 Å². The van der Waals surface area contributed by atoms with Gasteiger partial charge in [-0.15, -0.1) is 0 Å². The molecule has 0 aromatic carbocycles. The van der Waals surface area contributed by atoms with Crippen LogP contribution in [0.25, 0.3) is 0 Å². The van der Waals surface area contributed by atoms with Gasteiger partial charge < -0.3 is 11.1 Å². The van der Waals surface area contributed by atoms with Gasteiger partial charge in [-0.1, -0.05) is 24.3 Å². The van der Waals surface area contributed by atoms with Crippen molar-refractivity contribution in [1.29, 1.82) is 0 Å². The van der Waals surface area contributed by atoms with Gasteiger partial charge in [0.1, 0.15) is 0 Å². The lowest BCUT2D eigenvalue weighted by molar-refractivity contribution is 1.03. The van der Waals surface area contributed by atoms with Gasteiger partial charge in [0.15, 0.2) is 5.96 Å². The molecule has 3 N–H and O–H groups in total. The summed E-state index contributed by atoms with van der Waals surface area (Å²) in [6.07, 6.45) is 13.9. The maximum atomic E-state index is 5.74. The summed E-state index contributed by atoms with van der Waals surface area (Å²) in [5.41, 5.74) is 7.83. The molecule has 0 atom stereocenters. The molecule has 3 heteroatoms. The molecule has 3 nitrogen and oxygen atoms in total. The van der Waals surface area contributed by atoms with Crippen LogP contribution < -0.4 is 11.1 Å². The topological polar surface area (TPSA) is 50.4 Å². The van der Waals surface area contributed by atoms with Crippen molar-refractivity contribution in [2.45, 2.75) is 12.8 Å². The Labute approximate surface area is 83.4 Å². The molecule has 0 heterocycles. The minimum Gasteiger partial charge on any atom is -0.369 e. The summed E-state index contributed by atoms with van der Waals surface area (Å²) >= 11 is 0. The summed E-state index contributed by atoms with van der Waals surface area (Å²) in [5.74, 6) is 0.468.